The van der Waals surface area contributed by atoms with Crippen molar-refractivity contribution < 1.29 is 23.7 Å². The normalized spacial score (nSPS) is 17.6. The number of hydrogen-bond acceptors (Lipinski definition) is 5. The van der Waals surface area contributed by atoms with Gasteiger partial charge in [-0.05, 0) is 42.5 Å². The van der Waals surface area contributed by atoms with E-state index in [9.17, 15) is 4.79 Å². The minimum absolute atomic E-state index is 0.00885. The second kappa shape index (κ2) is 9.32. The van der Waals surface area contributed by atoms with Crippen LogP contribution in [0.2, 0.25) is 0 Å². The average molecular weight is 349 g/mol. The zero-order chi connectivity index (χ0) is 18.2. The second-order valence-corrected chi connectivity index (χ2v) is 6.04. The number of rotatable bonds is 7. The predicted molar refractivity (Wildman–Crippen MR) is 96.3 cm³/mol. The fraction of sp³-hybridized carbons (Fsp3) is 0.526. The van der Waals surface area contributed by atoms with Gasteiger partial charge in [-0.1, -0.05) is 0 Å². The van der Waals surface area contributed by atoms with E-state index in [1.165, 1.54) is 0 Å². The quantitative estimate of drug-likeness (QED) is 0.708. The van der Waals surface area contributed by atoms with E-state index in [1.54, 1.807) is 40.6 Å². The van der Waals surface area contributed by atoms with Crippen molar-refractivity contribution in [1.82, 2.24) is 4.90 Å². The Balaban J connectivity index is 2.11. The molecule has 1 amide bonds. The molecule has 0 aromatic heterocycles. The monoisotopic (exact) mass is 349 g/mol. The molecule has 2 rings (SSSR count). The van der Waals surface area contributed by atoms with Crippen molar-refractivity contribution in [3.63, 3.8) is 0 Å². The fourth-order valence-corrected chi connectivity index (χ4v) is 3.11. The lowest BCUT2D eigenvalue weighted by molar-refractivity contribution is -0.128. The SMILES string of the molecule is COCC1CCCN(C(=O)/C=C/c2cc(OC)c(OC)c(OC)c2)C1. The molecule has 0 radical (unpaired) electrons. The highest BCUT2D eigenvalue weighted by molar-refractivity contribution is 5.92. The molecule has 1 heterocycles. The van der Waals surface area contributed by atoms with Crippen molar-refractivity contribution in [3.8, 4) is 17.2 Å². The summed E-state index contributed by atoms with van der Waals surface area (Å²) in [6.07, 6.45) is 5.48. The highest BCUT2D eigenvalue weighted by Gasteiger charge is 2.22. The van der Waals surface area contributed by atoms with Gasteiger partial charge < -0.3 is 23.8 Å². The molecule has 1 aliphatic rings. The Hall–Kier alpha value is -2.21. The van der Waals surface area contributed by atoms with Crippen LogP contribution < -0.4 is 14.2 Å². The highest BCUT2D eigenvalue weighted by atomic mass is 16.5. The largest absolute Gasteiger partial charge is 0.493 e. The maximum atomic E-state index is 12.5. The summed E-state index contributed by atoms with van der Waals surface area (Å²) in [6.45, 7) is 2.23. The zero-order valence-electron chi connectivity index (χ0n) is 15.4. The van der Waals surface area contributed by atoms with Gasteiger partial charge in [0.15, 0.2) is 11.5 Å². The molecule has 0 spiro atoms. The molecule has 1 atom stereocenters. The average Bonchev–Trinajstić information content (AvgIpc) is 2.65. The number of hydrogen-bond donors (Lipinski definition) is 0. The van der Waals surface area contributed by atoms with E-state index in [-0.39, 0.29) is 5.91 Å². The van der Waals surface area contributed by atoms with Crippen molar-refractivity contribution in [2.45, 2.75) is 12.8 Å². The number of ether oxygens (including phenoxy) is 4. The van der Waals surface area contributed by atoms with Gasteiger partial charge in [0.1, 0.15) is 0 Å². The van der Waals surface area contributed by atoms with Crippen LogP contribution in [0, 0.1) is 5.92 Å². The van der Waals surface area contributed by atoms with E-state index in [1.807, 2.05) is 17.0 Å². The molecule has 25 heavy (non-hydrogen) atoms. The Morgan fingerprint density at radius 2 is 1.84 bits per heavy atom. The van der Waals surface area contributed by atoms with Crippen LogP contribution in [0.25, 0.3) is 6.08 Å². The summed E-state index contributed by atoms with van der Waals surface area (Å²) >= 11 is 0. The molecular formula is C19H27NO5. The van der Waals surface area contributed by atoms with Crippen molar-refractivity contribution in [1.29, 1.82) is 0 Å². The van der Waals surface area contributed by atoms with Crippen molar-refractivity contribution in [2.24, 2.45) is 5.92 Å². The van der Waals surface area contributed by atoms with Crippen LogP contribution in [0.15, 0.2) is 18.2 Å². The number of benzene rings is 1. The Morgan fingerprint density at radius 1 is 1.16 bits per heavy atom. The molecule has 0 bridgehead atoms. The predicted octanol–water partition coefficient (Wildman–Crippen LogP) is 2.61. The van der Waals surface area contributed by atoms with Gasteiger partial charge in [-0.2, -0.15) is 0 Å². The number of carbonyl (C=O) groups excluding carboxylic acids is 1. The summed E-state index contributed by atoms with van der Waals surface area (Å²) in [5, 5.41) is 0. The first-order valence-electron chi connectivity index (χ1n) is 8.38. The van der Waals surface area contributed by atoms with Crippen LogP contribution in [-0.4, -0.2) is 58.9 Å². The number of nitrogens with zero attached hydrogens (tertiary/aromatic N) is 1. The molecule has 0 saturated carbocycles. The number of carbonyl (C=O) groups is 1. The summed E-state index contributed by atoms with van der Waals surface area (Å²) in [4.78, 5) is 14.3. The van der Waals surface area contributed by atoms with E-state index >= 15 is 0 Å². The molecule has 0 N–H and O–H groups in total. The molecule has 1 unspecified atom stereocenters. The van der Waals surface area contributed by atoms with Gasteiger partial charge in [-0.3, -0.25) is 4.79 Å². The van der Waals surface area contributed by atoms with Gasteiger partial charge in [0.05, 0.1) is 27.9 Å². The zero-order valence-corrected chi connectivity index (χ0v) is 15.4. The van der Waals surface area contributed by atoms with Crippen LogP contribution in [0.3, 0.4) is 0 Å². The minimum Gasteiger partial charge on any atom is -0.493 e. The van der Waals surface area contributed by atoms with Gasteiger partial charge in [0.2, 0.25) is 11.7 Å². The lowest BCUT2D eigenvalue weighted by Crippen LogP contribution is -2.40. The third-order valence-electron chi connectivity index (χ3n) is 4.34. The first kappa shape index (κ1) is 19.1. The van der Waals surface area contributed by atoms with E-state index in [4.69, 9.17) is 18.9 Å². The van der Waals surface area contributed by atoms with Crippen LogP contribution in [0.4, 0.5) is 0 Å². The Kier molecular flexibility index (Phi) is 7.13. The highest BCUT2D eigenvalue weighted by Crippen LogP contribution is 2.38. The molecule has 1 aliphatic heterocycles. The summed E-state index contributed by atoms with van der Waals surface area (Å²) < 4.78 is 21.2. The number of likely N-dealkylation sites (tertiary alicyclic amines) is 1. The maximum absolute atomic E-state index is 12.5. The fourth-order valence-electron chi connectivity index (χ4n) is 3.11. The van der Waals surface area contributed by atoms with E-state index < -0.39 is 0 Å². The van der Waals surface area contributed by atoms with Crippen LogP contribution in [-0.2, 0) is 9.53 Å². The molecule has 1 saturated heterocycles. The van der Waals surface area contributed by atoms with E-state index in [0.717, 1.165) is 31.5 Å². The van der Waals surface area contributed by atoms with Gasteiger partial charge in [0, 0.05) is 26.3 Å². The summed E-state index contributed by atoms with van der Waals surface area (Å²) in [7, 11) is 6.40. The smallest absolute Gasteiger partial charge is 0.246 e. The van der Waals surface area contributed by atoms with Crippen LogP contribution >= 0.6 is 0 Å². The molecule has 1 aromatic rings. The lowest BCUT2D eigenvalue weighted by Gasteiger charge is -2.31. The standard InChI is InChI=1S/C19H27NO5/c1-22-13-15-6-5-9-20(12-15)18(21)8-7-14-10-16(23-2)19(25-4)17(11-14)24-3/h7-8,10-11,15H,5-6,9,12-13H2,1-4H3/b8-7+. The van der Waals surface area contributed by atoms with E-state index in [0.29, 0.717) is 29.8 Å². The number of amides is 1. The van der Waals surface area contributed by atoms with Crippen molar-refractivity contribution >= 4 is 12.0 Å². The third-order valence-corrected chi connectivity index (χ3v) is 4.34. The van der Waals surface area contributed by atoms with E-state index in [2.05, 4.69) is 0 Å². The minimum atomic E-state index is 0.00885. The Bertz CT molecular complexity index is 587. The molecule has 138 valence electrons. The molecular weight excluding hydrogens is 322 g/mol. The number of methoxy groups -OCH3 is 4. The summed E-state index contributed by atoms with van der Waals surface area (Å²) in [5.74, 6) is 2.08. The summed E-state index contributed by atoms with van der Waals surface area (Å²) in [6, 6.07) is 3.63. The Morgan fingerprint density at radius 3 is 2.40 bits per heavy atom. The maximum Gasteiger partial charge on any atom is 0.246 e. The van der Waals surface area contributed by atoms with Crippen molar-refractivity contribution in [2.75, 3.05) is 48.1 Å². The molecule has 1 aromatic carbocycles. The molecule has 1 fully saturated rings. The van der Waals surface area contributed by atoms with Crippen molar-refractivity contribution in [3.05, 3.63) is 23.8 Å². The first-order valence-corrected chi connectivity index (χ1v) is 8.38. The van der Waals surface area contributed by atoms with Gasteiger partial charge in [0.25, 0.3) is 0 Å². The summed E-state index contributed by atoms with van der Waals surface area (Å²) in [5.41, 5.74) is 0.813. The van der Waals surface area contributed by atoms with Crippen LogP contribution in [0.1, 0.15) is 18.4 Å². The first-order chi connectivity index (χ1) is 12.1. The van der Waals surface area contributed by atoms with Gasteiger partial charge >= 0.3 is 0 Å². The Labute approximate surface area is 149 Å². The molecule has 6 heteroatoms. The topological polar surface area (TPSA) is 57.2 Å². The third kappa shape index (κ3) is 4.89. The van der Waals surface area contributed by atoms with Crippen LogP contribution in [0.5, 0.6) is 17.2 Å². The van der Waals surface area contributed by atoms with Gasteiger partial charge in [-0.15, -0.1) is 0 Å². The number of piperidine rings is 1. The molecule has 6 nitrogen and oxygen atoms in total. The van der Waals surface area contributed by atoms with Gasteiger partial charge in [-0.25, -0.2) is 0 Å². The lowest BCUT2D eigenvalue weighted by atomic mass is 9.99. The second-order valence-electron chi connectivity index (χ2n) is 6.04. The molecule has 0 aliphatic carbocycles.